The summed E-state index contributed by atoms with van der Waals surface area (Å²) in [5.74, 6) is -0.309. The van der Waals surface area contributed by atoms with Gasteiger partial charge in [-0.3, -0.25) is 23.6 Å². The highest BCUT2D eigenvalue weighted by Gasteiger charge is 2.25. The Balaban J connectivity index is 1.64. The first kappa shape index (κ1) is 22.6. The van der Waals surface area contributed by atoms with Crippen molar-refractivity contribution in [1.82, 2.24) is 18.9 Å². The molecule has 0 aliphatic heterocycles. The summed E-state index contributed by atoms with van der Waals surface area (Å²) in [4.78, 5) is 43.6. The number of para-hydroxylation sites is 2. The zero-order valence-corrected chi connectivity index (χ0v) is 19.7. The normalized spacial score (nSPS) is 12.1. The molecule has 0 radical (unpaired) electrons. The molecule has 8 nitrogen and oxygen atoms in total. The lowest BCUT2D eigenvalue weighted by Gasteiger charge is -2.16. The van der Waals surface area contributed by atoms with E-state index in [9.17, 15) is 14.4 Å². The van der Waals surface area contributed by atoms with Gasteiger partial charge in [0, 0.05) is 14.1 Å². The van der Waals surface area contributed by atoms with E-state index in [-0.39, 0.29) is 22.7 Å². The number of carbonyl (C=O) groups excluding carboxylic acids is 1. The Bertz CT molecular complexity index is 1450. The van der Waals surface area contributed by atoms with Crippen molar-refractivity contribution in [3.05, 3.63) is 81.0 Å². The summed E-state index contributed by atoms with van der Waals surface area (Å²) in [7, 11) is 3.43. The molecule has 1 N–H and O–H groups in total. The number of anilines is 1. The van der Waals surface area contributed by atoms with Crippen molar-refractivity contribution in [2.75, 3.05) is 5.32 Å². The molecule has 0 bridgehead atoms. The second-order valence-electron chi connectivity index (χ2n) is 7.72. The van der Waals surface area contributed by atoms with Crippen molar-refractivity contribution in [2.24, 2.45) is 14.1 Å². The maximum atomic E-state index is 13.2. The molecule has 1 amide bonds. The minimum atomic E-state index is -0.534. The fourth-order valence-corrected chi connectivity index (χ4v) is 4.65. The van der Waals surface area contributed by atoms with Gasteiger partial charge in [-0.2, -0.15) is 0 Å². The number of nitrogens with one attached hydrogen (secondary N) is 1. The molecule has 4 aromatic rings. The predicted octanol–water partition coefficient (Wildman–Crippen LogP) is 3.24. The smallest absolute Gasteiger partial charge is 0.295 e. The Morgan fingerprint density at radius 1 is 1.03 bits per heavy atom. The van der Waals surface area contributed by atoms with E-state index < -0.39 is 5.25 Å². The van der Waals surface area contributed by atoms with Crippen LogP contribution in [-0.4, -0.2) is 30.1 Å². The van der Waals surface area contributed by atoms with Crippen LogP contribution < -0.4 is 16.4 Å². The predicted molar refractivity (Wildman–Crippen MR) is 131 cm³/mol. The fraction of sp³-hybridized carbons (Fsp3) is 0.250. The summed E-state index contributed by atoms with van der Waals surface area (Å²) in [6.07, 6.45) is 0.498. The first-order chi connectivity index (χ1) is 15.8. The van der Waals surface area contributed by atoms with Gasteiger partial charge in [0.05, 0.1) is 27.5 Å². The molecule has 0 fully saturated rings. The summed E-state index contributed by atoms with van der Waals surface area (Å²) in [5, 5.41) is 3.27. The van der Waals surface area contributed by atoms with Crippen LogP contribution in [0, 0.1) is 6.92 Å². The van der Waals surface area contributed by atoms with Crippen LogP contribution in [0.4, 0.5) is 5.69 Å². The average molecular weight is 464 g/mol. The van der Waals surface area contributed by atoms with Gasteiger partial charge < -0.3 is 5.32 Å². The third kappa shape index (κ3) is 4.11. The van der Waals surface area contributed by atoms with E-state index in [1.807, 2.05) is 43.3 Å². The van der Waals surface area contributed by atoms with Crippen molar-refractivity contribution in [2.45, 2.75) is 30.7 Å². The molecule has 0 saturated heterocycles. The van der Waals surface area contributed by atoms with Gasteiger partial charge in [0.1, 0.15) is 5.69 Å². The average Bonchev–Trinajstić information content (AvgIpc) is 3.03. The number of carbonyl (C=O) groups is 1. The second kappa shape index (κ2) is 9.11. The number of benzene rings is 2. The second-order valence-corrected chi connectivity index (χ2v) is 8.89. The van der Waals surface area contributed by atoms with Crippen molar-refractivity contribution < 1.29 is 4.79 Å². The van der Waals surface area contributed by atoms with E-state index in [4.69, 9.17) is 0 Å². The molecular formula is C24H25N5O3S. The number of rotatable bonds is 6. The van der Waals surface area contributed by atoms with Gasteiger partial charge in [0.15, 0.2) is 5.16 Å². The van der Waals surface area contributed by atoms with Crippen LogP contribution in [-0.2, 0) is 18.9 Å². The van der Waals surface area contributed by atoms with Crippen LogP contribution in [0.1, 0.15) is 19.0 Å². The lowest BCUT2D eigenvalue weighted by molar-refractivity contribution is -0.115. The Morgan fingerprint density at radius 3 is 2.39 bits per heavy atom. The van der Waals surface area contributed by atoms with Gasteiger partial charge in [0.25, 0.3) is 11.1 Å². The SMILES string of the molecule is CCC(Sc1nc2ccccc2c(=O)n1C)C(=O)Nc1c(C)n(C)n(-c2ccccc2)c1=O. The Hall–Kier alpha value is -3.59. The maximum absolute atomic E-state index is 13.2. The fourth-order valence-electron chi connectivity index (χ4n) is 3.67. The van der Waals surface area contributed by atoms with E-state index in [2.05, 4.69) is 10.3 Å². The number of hydrogen-bond acceptors (Lipinski definition) is 5. The van der Waals surface area contributed by atoms with Crippen LogP contribution in [0.25, 0.3) is 16.6 Å². The molecule has 0 aliphatic carbocycles. The first-order valence-electron chi connectivity index (χ1n) is 10.6. The van der Waals surface area contributed by atoms with Crippen LogP contribution in [0.15, 0.2) is 69.3 Å². The molecular weight excluding hydrogens is 438 g/mol. The molecule has 170 valence electrons. The topological polar surface area (TPSA) is 90.9 Å². The lowest BCUT2D eigenvalue weighted by atomic mass is 10.2. The number of thioether (sulfide) groups is 1. The number of amides is 1. The zero-order chi connectivity index (χ0) is 23.7. The number of hydrogen-bond donors (Lipinski definition) is 1. The number of nitrogens with zero attached hydrogens (tertiary/aromatic N) is 4. The van der Waals surface area contributed by atoms with E-state index in [0.717, 1.165) is 0 Å². The van der Waals surface area contributed by atoms with E-state index in [0.29, 0.717) is 33.9 Å². The monoisotopic (exact) mass is 463 g/mol. The minimum absolute atomic E-state index is 0.164. The molecule has 9 heteroatoms. The highest BCUT2D eigenvalue weighted by atomic mass is 32.2. The third-order valence-corrected chi connectivity index (χ3v) is 7.06. The first-order valence-corrected chi connectivity index (χ1v) is 11.5. The quantitative estimate of drug-likeness (QED) is 0.350. The molecule has 0 spiro atoms. The molecule has 2 heterocycles. The minimum Gasteiger partial charge on any atom is -0.319 e. The molecule has 4 rings (SSSR count). The van der Waals surface area contributed by atoms with Gasteiger partial charge in [-0.1, -0.05) is 49.0 Å². The largest absolute Gasteiger partial charge is 0.319 e. The Morgan fingerprint density at radius 2 is 1.70 bits per heavy atom. The molecule has 0 saturated carbocycles. The van der Waals surface area contributed by atoms with Gasteiger partial charge >= 0.3 is 0 Å². The van der Waals surface area contributed by atoms with E-state index in [1.165, 1.54) is 21.0 Å². The number of fused-ring (bicyclic) bond motifs is 1. The summed E-state index contributed by atoms with van der Waals surface area (Å²) in [5.41, 5.74) is 1.72. The summed E-state index contributed by atoms with van der Waals surface area (Å²) >= 11 is 1.21. The molecule has 1 atom stereocenters. The maximum Gasteiger partial charge on any atom is 0.295 e. The summed E-state index contributed by atoms with van der Waals surface area (Å²) in [6.45, 7) is 3.68. The van der Waals surface area contributed by atoms with E-state index >= 15 is 0 Å². The van der Waals surface area contributed by atoms with Crippen LogP contribution in [0.2, 0.25) is 0 Å². The van der Waals surface area contributed by atoms with Gasteiger partial charge in [-0.25, -0.2) is 9.67 Å². The standard InChI is InChI=1S/C24H25N5O3S/c1-5-19(33-24-25-18-14-10-9-13-17(18)22(31)27(24)3)21(30)26-20-15(2)28(4)29(23(20)32)16-11-7-6-8-12-16/h6-14,19H,5H2,1-4H3,(H,26,30). The van der Waals surface area contributed by atoms with E-state index in [1.54, 1.807) is 43.9 Å². The van der Waals surface area contributed by atoms with Crippen LogP contribution >= 0.6 is 11.8 Å². The van der Waals surface area contributed by atoms with Crippen molar-refractivity contribution in [1.29, 1.82) is 0 Å². The summed E-state index contributed by atoms with van der Waals surface area (Å²) < 4.78 is 4.70. The molecule has 1 unspecified atom stereocenters. The van der Waals surface area contributed by atoms with Crippen LogP contribution in [0.5, 0.6) is 0 Å². The van der Waals surface area contributed by atoms with Crippen molar-refractivity contribution >= 4 is 34.3 Å². The Kier molecular flexibility index (Phi) is 6.24. The van der Waals surface area contributed by atoms with Crippen molar-refractivity contribution in [3.63, 3.8) is 0 Å². The van der Waals surface area contributed by atoms with Crippen LogP contribution in [0.3, 0.4) is 0 Å². The zero-order valence-electron chi connectivity index (χ0n) is 18.9. The third-order valence-electron chi connectivity index (χ3n) is 5.66. The molecule has 0 aliphatic rings. The number of aromatic nitrogens is 4. The lowest BCUT2D eigenvalue weighted by Crippen LogP contribution is -2.29. The molecule has 33 heavy (non-hydrogen) atoms. The van der Waals surface area contributed by atoms with Gasteiger partial charge in [-0.15, -0.1) is 0 Å². The van der Waals surface area contributed by atoms with Crippen molar-refractivity contribution in [3.8, 4) is 5.69 Å². The molecule has 2 aromatic carbocycles. The highest BCUT2D eigenvalue weighted by Crippen LogP contribution is 2.25. The molecule has 2 aromatic heterocycles. The highest BCUT2D eigenvalue weighted by molar-refractivity contribution is 8.00. The van der Waals surface area contributed by atoms with Gasteiger partial charge in [-0.05, 0) is 37.6 Å². The Labute approximate surface area is 194 Å². The van der Waals surface area contributed by atoms with Gasteiger partial charge in [0.2, 0.25) is 5.91 Å². The summed E-state index contributed by atoms with van der Waals surface area (Å²) in [6, 6.07) is 16.4.